The Hall–Kier alpha value is -1.97. The van der Waals surface area contributed by atoms with Crippen molar-refractivity contribution in [2.45, 2.75) is 38.1 Å². The Morgan fingerprint density at radius 1 is 1.26 bits per heavy atom. The van der Waals surface area contributed by atoms with Gasteiger partial charge in [0.1, 0.15) is 0 Å². The summed E-state index contributed by atoms with van der Waals surface area (Å²) in [5.41, 5.74) is 0.784. The van der Waals surface area contributed by atoms with Crippen LogP contribution in [0.4, 0.5) is 0 Å². The number of nitrogens with zero attached hydrogens (tertiary/aromatic N) is 2. The molecular formula is C18H26N2O6S. The minimum atomic E-state index is -3.73. The number of carboxylic acid groups (broad SMARTS) is 1. The first-order valence-electron chi connectivity index (χ1n) is 8.86. The molecule has 0 spiro atoms. The van der Waals surface area contributed by atoms with Crippen LogP contribution in [0.15, 0.2) is 23.1 Å². The SMILES string of the molecule is Cc1ccc(C(=O)N(CCC(=O)O)C(C)C)cc1S(=O)(=O)N1CCOCC1. The van der Waals surface area contributed by atoms with Crippen molar-refractivity contribution < 1.29 is 27.9 Å². The number of hydrogen-bond donors (Lipinski definition) is 1. The van der Waals surface area contributed by atoms with Crippen molar-refractivity contribution >= 4 is 21.9 Å². The van der Waals surface area contributed by atoms with E-state index in [1.54, 1.807) is 32.9 Å². The Labute approximate surface area is 159 Å². The van der Waals surface area contributed by atoms with Crippen molar-refractivity contribution in [3.8, 4) is 0 Å². The molecule has 1 heterocycles. The van der Waals surface area contributed by atoms with Gasteiger partial charge in [0.2, 0.25) is 10.0 Å². The van der Waals surface area contributed by atoms with Crippen molar-refractivity contribution in [1.82, 2.24) is 9.21 Å². The van der Waals surface area contributed by atoms with Gasteiger partial charge < -0.3 is 14.7 Å². The molecule has 0 radical (unpaired) electrons. The third-order valence-corrected chi connectivity index (χ3v) is 6.51. The molecule has 1 fully saturated rings. The van der Waals surface area contributed by atoms with E-state index < -0.39 is 16.0 Å². The molecule has 2 rings (SSSR count). The number of aryl methyl sites for hydroxylation is 1. The molecule has 1 N–H and O–H groups in total. The number of benzene rings is 1. The average molecular weight is 398 g/mol. The lowest BCUT2D eigenvalue weighted by molar-refractivity contribution is -0.137. The van der Waals surface area contributed by atoms with Gasteiger partial charge in [0.25, 0.3) is 5.91 Å². The second-order valence-corrected chi connectivity index (χ2v) is 8.64. The summed E-state index contributed by atoms with van der Waals surface area (Å²) in [7, 11) is -3.73. The predicted molar refractivity (Wildman–Crippen MR) is 99.2 cm³/mol. The van der Waals surface area contributed by atoms with Gasteiger partial charge in [-0.25, -0.2) is 8.42 Å². The number of rotatable bonds is 7. The molecule has 8 nitrogen and oxygen atoms in total. The molecule has 1 aromatic rings. The molecule has 9 heteroatoms. The van der Waals surface area contributed by atoms with Crippen LogP contribution < -0.4 is 0 Å². The van der Waals surface area contributed by atoms with E-state index in [9.17, 15) is 18.0 Å². The summed E-state index contributed by atoms with van der Waals surface area (Å²) in [4.78, 5) is 25.3. The Morgan fingerprint density at radius 2 is 1.89 bits per heavy atom. The highest BCUT2D eigenvalue weighted by atomic mass is 32.2. The lowest BCUT2D eigenvalue weighted by atomic mass is 10.1. The van der Waals surface area contributed by atoms with Gasteiger partial charge in [0, 0.05) is 31.2 Å². The zero-order valence-electron chi connectivity index (χ0n) is 15.8. The van der Waals surface area contributed by atoms with Crippen LogP contribution in [0.5, 0.6) is 0 Å². The fraction of sp³-hybridized carbons (Fsp3) is 0.556. The van der Waals surface area contributed by atoms with Crippen LogP contribution in [0, 0.1) is 6.92 Å². The first-order chi connectivity index (χ1) is 12.6. The van der Waals surface area contributed by atoms with E-state index in [0.29, 0.717) is 18.8 Å². The molecule has 1 amide bonds. The first-order valence-corrected chi connectivity index (χ1v) is 10.3. The Morgan fingerprint density at radius 3 is 2.44 bits per heavy atom. The minimum Gasteiger partial charge on any atom is -0.481 e. The number of sulfonamides is 1. The Bertz CT molecular complexity index is 800. The van der Waals surface area contributed by atoms with Gasteiger partial charge >= 0.3 is 5.97 Å². The van der Waals surface area contributed by atoms with E-state index in [-0.39, 0.29) is 48.5 Å². The van der Waals surface area contributed by atoms with Crippen LogP contribution in [-0.2, 0) is 19.6 Å². The number of hydrogen-bond acceptors (Lipinski definition) is 5. The number of carboxylic acids is 1. The van der Waals surface area contributed by atoms with Gasteiger partial charge in [-0.3, -0.25) is 9.59 Å². The molecule has 150 valence electrons. The van der Waals surface area contributed by atoms with Gasteiger partial charge in [-0.1, -0.05) is 6.07 Å². The second kappa shape index (κ2) is 8.81. The highest BCUT2D eigenvalue weighted by Gasteiger charge is 2.29. The third-order valence-electron chi connectivity index (χ3n) is 4.47. The quantitative estimate of drug-likeness (QED) is 0.743. The normalized spacial score (nSPS) is 15.7. The highest BCUT2D eigenvalue weighted by molar-refractivity contribution is 7.89. The van der Waals surface area contributed by atoms with Crippen molar-refractivity contribution in [2.75, 3.05) is 32.8 Å². The number of carbonyl (C=O) groups is 2. The Balaban J connectivity index is 2.34. The topological polar surface area (TPSA) is 104 Å². The van der Waals surface area contributed by atoms with Crippen molar-refractivity contribution in [3.63, 3.8) is 0 Å². The molecule has 0 aliphatic carbocycles. The standard InChI is InChI=1S/C18H26N2O6S/c1-13(2)20(7-6-17(21)22)18(23)15-5-4-14(3)16(12-15)27(24,25)19-8-10-26-11-9-19/h4-5,12-13H,6-11H2,1-3H3,(H,21,22). The zero-order chi connectivity index (χ0) is 20.2. The fourth-order valence-electron chi connectivity index (χ4n) is 2.91. The summed E-state index contributed by atoms with van der Waals surface area (Å²) in [6.07, 6.45) is -0.172. The molecule has 0 atom stereocenters. The van der Waals surface area contributed by atoms with Crippen LogP contribution in [0.3, 0.4) is 0 Å². The van der Waals surface area contributed by atoms with Crippen LogP contribution in [0.1, 0.15) is 36.2 Å². The number of ether oxygens (including phenoxy) is 1. The second-order valence-electron chi connectivity index (χ2n) is 6.73. The number of carbonyl (C=O) groups excluding carboxylic acids is 1. The maximum Gasteiger partial charge on any atom is 0.305 e. The van der Waals surface area contributed by atoms with Crippen molar-refractivity contribution in [2.24, 2.45) is 0 Å². The fourth-order valence-corrected chi connectivity index (χ4v) is 4.57. The van der Waals surface area contributed by atoms with E-state index >= 15 is 0 Å². The van der Waals surface area contributed by atoms with E-state index in [0.717, 1.165) is 0 Å². The van der Waals surface area contributed by atoms with Crippen LogP contribution >= 0.6 is 0 Å². The largest absolute Gasteiger partial charge is 0.481 e. The monoisotopic (exact) mass is 398 g/mol. The molecule has 1 aromatic carbocycles. The summed E-state index contributed by atoms with van der Waals surface area (Å²) in [5.74, 6) is -1.38. The van der Waals surface area contributed by atoms with Crippen molar-refractivity contribution in [3.05, 3.63) is 29.3 Å². The minimum absolute atomic E-state index is 0.0608. The van der Waals surface area contributed by atoms with Crippen molar-refractivity contribution in [1.29, 1.82) is 0 Å². The van der Waals surface area contributed by atoms with Gasteiger partial charge in [0.15, 0.2) is 0 Å². The van der Waals surface area contributed by atoms with Crippen LogP contribution in [0.25, 0.3) is 0 Å². The van der Waals surface area contributed by atoms with Gasteiger partial charge in [-0.15, -0.1) is 0 Å². The zero-order valence-corrected chi connectivity index (χ0v) is 16.7. The summed E-state index contributed by atoms with van der Waals surface area (Å²) in [6.45, 7) is 6.56. The molecule has 0 saturated carbocycles. The van der Waals surface area contributed by atoms with E-state index in [1.807, 2.05) is 0 Å². The molecule has 0 unspecified atom stereocenters. The Kier molecular flexibility index (Phi) is 6.96. The molecular weight excluding hydrogens is 372 g/mol. The maximum atomic E-state index is 13.0. The summed E-state index contributed by atoms with van der Waals surface area (Å²) in [5, 5.41) is 8.89. The lowest BCUT2D eigenvalue weighted by Gasteiger charge is -2.28. The van der Waals surface area contributed by atoms with E-state index in [1.165, 1.54) is 15.3 Å². The van der Waals surface area contributed by atoms with Gasteiger partial charge in [-0.05, 0) is 38.5 Å². The highest BCUT2D eigenvalue weighted by Crippen LogP contribution is 2.23. The smallest absolute Gasteiger partial charge is 0.305 e. The molecule has 0 bridgehead atoms. The maximum absolute atomic E-state index is 13.0. The van der Waals surface area contributed by atoms with Crippen LogP contribution in [0.2, 0.25) is 0 Å². The number of morpholine rings is 1. The molecule has 1 aliphatic rings. The average Bonchev–Trinajstić information content (AvgIpc) is 2.62. The lowest BCUT2D eigenvalue weighted by Crippen LogP contribution is -2.41. The number of amides is 1. The molecule has 0 aromatic heterocycles. The molecule has 27 heavy (non-hydrogen) atoms. The molecule has 1 aliphatic heterocycles. The van der Waals surface area contributed by atoms with Gasteiger partial charge in [-0.2, -0.15) is 4.31 Å². The summed E-state index contributed by atoms with van der Waals surface area (Å²) in [6, 6.07) is 4.36. The number of aliphatic carboxylic acids is 1. The predicted octanol–water partition coefficient (Wildman–Crippen LogP) is 1.34. The van der Waals surface area contributed by atoms with E-state index in [4.69, 9.17) is 9.84 Å². The van der Waals surface area contributed by atoms with Gasteiger partial charge in [0.05, 0.1) is 24.5 Å². The molecule has 1 saturated heterocycles. The summed E-state index contributed by atoms with van der Waals surface area (Å²) >= 11 is 0. The van der Waals surface area contributed by atoms with E-state index in [2.05, 4.69) is 0 Å². The first kappa shape index (κ1) is 21.3. The summed E-state index contributed by atoms with van der Waals surface area (Å²) < 4.78 is 32.5. The van der Waals surface area contributed by atoms with Crippen LogP contribution in [-0.4, -0.2) is 73.5 Å². The third kappa shape index (κ3) is 5.06.